The summed E-state index contributed by atoms with van der Waals surface area (Å²) in [5.41, 5.74) is -0.448. The molecule has 0 aromatic carbocycles. The minimum absolute atomic E-state index is 0.0411. The van der Waals surface area contributed by atoms with Gasteiger partial charge in [-0.1, -0.05) is 31.4 Å². The van der Waals surface area contributed by atoms with Crippen molar-refractivity contribution < 1.29 is 9.53 Å². The Kier molecular flexibility index (Phi) is 3.19. The smallest absolute Gasteiger partial charge is 0.411 e. The summed E-state index contributed by atoms with van der Waals surface area (Å²) >= 11 is 0. The van der Waals surface area contributed by atoms with E-state index in [0.717, 1.165) is 12.8 Å². The van der Waals surface area contributed by atoms with E-state index in [1.165, 1.54) is 19.3 Å². The monoisotopic (exact) mass is 237 g/mol. The Morgan fingerprint density at radius 3 is 2.47 bits per heavy atom. The van der Waals surface area contributed by atoms with Crippen molar-refractivity contribution in [1.82, 2.24) is 4.90 Å². The van der Waals surface area contributed by atoms with Crippen molar-refractivity contribution in [3.63, 3.8) is 0 Å². The second-order valence-corrected chi connectivity index (χ2v) is 6.16. The molecule has 2 rings (SSSR count). The number of nitrogens with zero attached hydrogens (tertiary/aromatic N) is 1. The number of ether oxygens (including phenoxy) is 1. The van der Waals surface area contributed by atoms with Crippen LogP contribution in [0.25, 0.3) is 0 Å². The SMILES string of the molecule is CC(C)(C)OC(=O)N1CC=CC12CCCCC2. The molecule has 1 heterocycles. The number of carbonyl (C=O) groups is 1. The Balaban J connectivity index is 2.08. The molecule has 1 fully saturated rings. The number of hydrogen-bond donors (Lipinski definition) is 0. The third kappa shape index (κ3) is 2.64. The van der Waals surface area contributed by atoms with Gasteiger partial charge in [-0.15, -0.1) is 0 Å². The zero-order valence-corrected chi connectivity index (χ0v) is 11.2. The third-order valence-electron chi connectivity index (χ3n) is 3.59. The van der Waals surface area contributed by atoms with E-state index >= 15 is 0 Å². The molecule has 0 aromatic heterocycles. The van der Waals surface area contributed by atoms with E-state index in [0.29, 0.717) is 6.54 Å². The highest BCUT2D eigenvalue weighted by molar-refractivity contribution is 5.70. The van der Waals surface area contributed by atoms with E-state index in [2.05, 4.69) is 12.2 Å². The summed E-state index contributed by atoms with van der Waals surface area (Å²) in [6, 6.07) is 0. The van der Waals surface area contributed by atoms with E-state index < -0.39 is 5.60 Å². The van der Waals surface area contributed by atoms with E-state index in [9.17, 15) is 4.79 Å². The minimum Gasteiger partial charge on any atom is -0.444 e. The van der Waals surface area contributed by atoms with Crippen LogP contribution < -0.4 is 0 Å². The lowest BCUT2D eigenvalue weighted by molar-refractivity contribution is 0.00603. The Bertz CT molecular complexity index is 322. The van der Waals surface area contributed by atoms with Crippen molar-refractivity contribution >= 4 is 6.09 Å². The van der Waals surface area contributed by atoms with Crippen LogP contribution in [0.3, 0.4) is 0 Å². The maximum absolute atomic E-state index is 12.2. The second kappa shape index (κ2) is 4.35. The van der Waals surface area contributed by atoms with E-state index in [1.807, 2.05) is 25.7 Å². The van der Waals surface area contributed by atoms with Crippen molar-refractivity contribution in [1.29, 1.82) is 0 Å². The molecule has 0 saturated heterocycles. The van der Waals surface area contributed by atoms with Gasteiger partial charge in [-0.05, 0) is 33.6 Å². The second-order valence-electron chi connectivity index (χ2n) is 6.16. The Morgan fingerprint density at radius 1 is 1.24 bits per heavy atom. The number of rotatable bonds is 0. The van der Waals surface area contributed by atoms with E-state index in [4.69, 9.17) is 4.74 Å². The number of amides is 1. The van der Waals surface area contributed by atoms with Gasteiger partial charge in [-0.25, -0.2) is 4.79 Å². The lowest BCUT2D eigenvalue weighted by Crippen LogP contribution is -2.50. The van der Waals surface area contributed by atoms with Gasteiger partial charge in [0.15, 0.2) is 0 Å². The molecule has 0 unspecified atom stereocenters. The van der Waals surface area contributed by atoms with Crippen molar-refractivity contribution in [3.8, 4) is 0 Å². The summed E-state index contributed by atoms with van der Waals surface area (Å²) in [6.07, 6.45) is 10.0. The number of hydrogen-bond acceptors (Lipinski definition) is 2. The lowest BCUT2D eigenvalue weighted by atomic mass is 9.82. The molecule has 1 aliphatic heterocycles. The molecule has 1 aliphatic carbocycles. The third-order valence-corrected chi connectivity index (χ3v) is 3.59. The van der Waals surface area contributed by atoms with Crippen LogP contribution in [-0.2, 0) is 4.74 Å². The molecule has 0 N–H and O–H groups in total. The summed E-state index contributed by atoms with van der Waals surface area (Å²) in [6.45, 7) is 6.46. The summed E-state index contributed by atoms with van der Waals surface area (Å²) in [5.74, 6) is 0. The van der Waals surface area contributed by atoms with Crippen LogP contribution in [0.4, 0.5) is 4.79 Å². The highest BCUT2D eigenvalue weighted by atomic mass is 16.6. The molecule has 17 heavy (non-hydrogen) atoms. The highest BCUT2D eigenvalue weighted by Crippen LogP contribution is 2.38. The minimum atomic E-state index is -0.407. The first-order chi connectivity index (χ1) is 7.93. The first-order valence-electron chi connectivity index (χ1n) is 6.61. The van der Waals surface area contributed by atoms with Crippen LogP contribution in [0.15, 0.2) is 12.2 Å². The first kappa shape index (κ1) is 12.5. The maximum atomic E-state index is 12.2. The quantitative estimate of drug-likeness (QED) is 0.603. The van der Waals surface area contributed by atoms with Gasteiger partial charge in [0.05, 0.1) is 5.54 Å². The van der Waals surface area contributed by atoms with Gasteiger partial charge in [-0.3, -0.25) is 4.90 Å². The topological polar surface area (TPSA) is 29.5 Å². The normalized spacial score (nSPS) is 23.1. The van der Waals surface area contributed by atoms with Crippen LogP contribution in [0.1, 0.15) is 52.9 Å². The van der Waals surface area contributed by atoms with Gasteiger partial charge in [0.1, 0.15) is 5.60 Å². The molecule has 1 spiro atoms. The average molecular weight is 237 g/mol. The molecule has 0 atom stereocenters. The fourth-order valence-corrected chi connectivity index (χ4v) is 2.82. The van der Waals surface area contributed by atoms with Crippen molar-refractivity contribution in [3.05, 3.63) is 12.2 Å². The molecule has 3 heteroatoms. The average Bonchev–Trinajstić information content (AvgIpc) is 2.60. The van der Waals surface area contributed by atoms with Crippen molar-refractivity contribution in [2.75, 3.05) is 6.54 Å². The zero-order chi connectivity index (χ0) is 12.5. The molecule has 96 valence electrons. The molecule has 1 amide bonds. The fourth-order valence-electron chi connectivity index (χ4n) is 2.82. The van der Waals surface area contributed by atoms with Crippen LogP contribution in [-0.4, -0.2) is 28.7 Å². The van der Waals surface area contributed by atoms with E-state index in [-0.39, 0.29) is 11.6 Å². The molecule has 0 bridgehead atoms. The standard InChI is InChI=1S/C14H23NO2/c1-13(2,3)17-12(16)15-11-7-10-14(15)8-5-4-6-9-14/h7,10H,4-6,8-9,11H2,1-3H3. The first-order valence-corrected chi connectivity index (χ1v) is 6.61. The number of carbonyl (C=O) groups excluding carboxylic acids is 1. The van der Waals surface area contributed by atoms with Gasteiger partial charge < -0.3 is 4.74 Å². The highest BCUT2D eigenvalue weighted by Gasteiger charge is 2.42. The predicted octanol–water partition coefficient (Wildman–Crippen LogP) is 3.50. The summed E-state index contributed by atoms with van der Waals surface area (Å²) in [4.78, 5) is 14.1. The van der Waals surface area contributed by atoms with Crippen LogP contribution >= 0.6 is 0 Å². The zero-order valence-electron chi connectivity index (χ0n) is 11.2. The summed E-state index contributed by atoms with van der Waals surface area (Å²) < 4.78 is 5.50. The summed E-state index contributed by atoms with van der Waals surface area (Å²) in [5, 5.41) is 0. The molecule has 3 nitrogen and oxygen atoms in total. The molecule has 0 aromatic rings. The van der Waals surface area contributed by atoms with Gasteiger partial charge in [0, 0.05) is 6.54 Å². The lowest BCUT2D eigenvalue weighted by Gasteiger charge is -2.41. The van der Waals surface area contributed by atoms with Crippen molar-refractivity contribution in [2.24, 2.45) is 0 Å². The molecule has 2 aliphatic rings. The van der Waals surface area contributed by atoms with Gasteiger partial charge in [0.2, 0.25) is 0 Å². The van der Waals surface area contributed by atoms with Crippen LogP contribution in [0.2, 0.25) is 0 Å². The Labute approximate surface area is 104 Å². The Morgan fingerprint density at radius 2 is 1.88 bits per heavy atom. The predicted molar refractivity (Wildman–Crippen MR) is 67.9 cm³/mol. The van der Waals surface area contributed by atoms with E-state index in [1.54, 1.807) is 0 Å². The van der Waals surface area contributed by atoms with Gasteiger partial charge in [0.25, 0.3) is 0 Å². The fraction of sp³-hybridized carbons (Fsp3) is 0.786. The molecule has 1 saturated carbocycles. The largest absolute Gasteiger partial charge is 0.444 e. The molecular formula is C14H23NO2. The Hall–Kier alpha value is -0.990. The van der Waals surface area contributed by atoms with Crippen LogP contribution in [0, 0.1) is 0 Å². The van der Waals surface area contributed by atoms with Crippen LogP contribution in [0.5, 0.6) is 0 Å². The van der Waals surface area contributed by atoms with Gasteiger partial charge in [-0.2, -0.15) is 0 Å². The van der Waals surface area contributed by atoms with Crippen molar-refractivity contribution in [2.45, 2.75) is 64.0 Å². The maximum Gasteiger partial charge on any atom is 0.411 e. The van der Waals surface area contributed by atoms with Gasteiger partial charge >= 0.3 is 6.09 Å². The molecule has 0 radical (unpaired) electrons. The summed E-state index contributed by atoms with van der Waals surface area (Å²) in [7, 11) is 0. The molecular weight excluding hydrogens is 214 g/mol.